The lowest BCUT2D eigenvalue weighted by Crippen LogP contribution is -2.10. The molecule has 1 aromatic heterocycles. The van der Waals surface area contributed by atoms with E-state index in [9.17, 15) is 4.79 Å². The van der Waals surface area contributed by atoms with Gasteiger partial charge in [-0.05, 0) is 30.2 Å². The highest BCUT2D eigenvalue weighted by Crippen LogP contribution is 2.27. The largest absolute Gasteiger partial charge is 0.493 e. The number of unbranched alkanes of at least 4 members (excludes halogenated alkanes) is 1. The van der Waals surface area contributed by atoms with E-state index in [1.807, 2.05) is 18.2 Å². The zero-order valence-electron chi connectivity index (χ0n) is 13.5. The number of H-pyrrole nitrogens is 1. The van der Waals surface area contributed by atoms with Crippen molar-refractivity contribution in [2.24, 2.45) is 5.10 Å². The topological polar surface area (TPSA) is 88.6 Å². The maximum Gasteiger partial charge on any atom is 0.285 e. The van der Waals surface area contributed by atoms with Crippen molar-refractivity contribution >= 4 is 23.5 Å². The first-order chi connectivity index (χ1) is 11.7. The third-order valence-corrected chi connectivity index (χ3v) is 3.51. The molecule has 24 heavy (non-hydrogen) atoms. The lowest BCUT2D eigenvalue weighted by atomic mass is 10.2. The van der Waals surface area contributed by atoms with Crippen LogP contribution in [0.2, 0.25) is 5.02 Å². The molecule has 0 bridgehead atoms. The van der Waals surface area contributed by atoms with E-state index in [0.717, 1.165) is 18.4 Å². The molecule has 0 saturated carbocycles. The van der Waals surface area contributed by atoms with Crippen LogP contribution < -0.4 is 20.5 Å². The lowest BCUT2D eigenvalue weighted by Gasteiger charge is -2.10. The van der Waals surface area contributed by atoms with Crippen molar-refractivity contribution in [3.63, 3.8) is 0 Å². The smallest absolute Gasteiger partial charge is 0.285 e. The maximum absolute atomic E-state index is 11.3. The first kappa shape index (κ1) is 17.8. The third kappa shape index (κ3) is 4.73. The number of hydrogen-bond donors (Lipinski definition) is 2. The molecule has 8 heteroatoms. The van der Waals surface area contributed by atoms with Gasteiger partial charge in [0.1, 0.15) is 10.7 Å². The minimum Gasteiger partial charge on any atom is -0.493 e. The van der Waals surface area contributed by atoms with Crippen LogP contribution in [0, 0.1) is 0 Å². The van der Waals surface area contributed by atoms with Crippen LogP contribution in [0.4, 0.5) is 5.69 Å². The van der Waals surface area contributed by atoms with Gasteiger partial charge in [0, 0.05) is 0 Å². The van der Waals surface area contributed by atoms with Gasteiger partial charge in [-0.15, -0.1) is 0 Å². The maximum atomic E-state index is 11.3. The number of hydrogen-bond acceptors (Lipinski definition) is 6. The fourth-order valence-electron chi connectivity index (χ4n) is 1.85. The van der Waals surface area contributed by atoms with Crippen molar-refractivity contribution in [3.8, 4) is 11.5 Å². The predicted octanol–water partition coefficient (Wildman–Crippen LogP) is 3.06. The van der Waals surface area contributed by atoms with E-state index in [2.05, 4.69) is 27.6 Å². The zero-order chi connectivity index (χ0) is 17.4. The molecule has 0 spiro atoms. The summed E-state index contributed by atoms with van der Waals surface area (Å²) >= 11 is 5.85. The summed E-state index contributed by atoms with van der Waals surface area (Å²) in [7, 11) is 1.59. The molecule has 2 rings (SSSR count). The van der Waals surface area contributed by atoms with Crippen molar-refractivity contribution in [3.05, 3.63) is 45.3 Å². The summed E-state index contributed by atoms with van der Waals surface area (Å²) < 4.78 is 11.0. The molecule has 1 heterocycles. The molecule has 0 saturated heterocycles. The lowest BCUT2D eigenvalue weighted by molar-refractivity contribution is 0.288. The number of ether oxygens (including phenoxy) is 2. The van der Waals surface area contributed by atoms with E-state index in [1.54, 1.807) is 13.3 Å². The summed E-state index contributed by atoms with van der Waals surface area (Å²) in [5, 5.41) is 9.93. The van der Waals surface area contributed by atoms with Crippen LogP contribution in [0.25, 0.3) is 0 Å². The average molecular weight is 351 g/mol. The molecule has 0 amide bonds. The molecule has 0 radical (unpaired) electrons. The molecule has 7 nitrogen and oxygen atoms in total. The highest BCUT2D eigenvalue weighted by molar-refractivity contribution is 6.32. The highest BCUT2D eigenvalue weighted by Gasteiger charge is 2.05. The van der Waals surface area contributed by atoms with Gasteiger partial charge >= 0.3 is 0 Å². The van der Waals surface area contributed by atoms with Crippen molar-refractivity contribution in [1.82, 2.24) is 10.2 Å². The monoisotopic (exact) mass is 350 g/mol. The first-order valence-corrected chi connectivity index (χ1v) is 7.86. The van der Waals surface area contributed by atoms with Crippen molar-refractivity contribution in [2.45, 2.75) is 19.8 Å². The second kappa shape index (κ2) is 8.93. The highest BCUT2D eigenvalue weighted by atomic mass is 35.5. The molecular weight excluding hydrogens is 332 g/mol. The number of halogens is 1. The Bertz CT molecular complexity index is 761. The summed E-state index contributed by atoms with van der Waals surface area (Å²) in [5.74, 6) is 1.32. The number of aromatic nitrogens is 2. The van der Waals surface area contributed by atoms with E-state index in [-0.39, 0.29) is 5.02 Å². The van der Waals surface area contributed by atoms with Crippen LogP contribution >= 0.6 is 11.6 Å². The number of nitrogens with one attached hydrogen (secondary N) is 2. The molecule has 128 valence electrons. The van der Waals surface area contributed by atoms with Gasteiger partial charge in [0.2, 0.25) is 0 Å². The van der Waals surface area contributed by atoms with Gasteiger partial charge in [0.05, 0.1) is 26.1 Å². The molecule has 0 aliphatic carbocycles. The summed E-state index contributed by atoms with van der Waals surface area (Å²) in [6, 6.07) is 5.49. The first-order valence-electron chi connectivity index (χ1n) is 7.48. The summed E-state index contributed by atoms with van der Waals surface area (Å²) in [5.41, 5.74) is 3.32. The SMILES string of the molecule is CCCCOc1ccc(/C=N\Nc2cn[nH]c(=O)c2Cl)cc1OC. The van der Waals surface area contributed by atoms with Crippen molar-refractivity contribution < 1.29 is 9.47 Å². The van der Waals surface area contributed by atoms with E-state index in [0.29, 0.717) is 23.8 Å². The van der Waals surface area contributed by atoms with E-state index in [1.165, 1.54) is 6.20 Å². The number of benzene rings is 1. The second-order valence-electron chi connectivity index (χ2n) is 4.91. The number of anilines is 1. The Balaban J connectivity index is 2.06. The zero-order valence-corrected chi connectivity index (χ0v) is 14.3. The molecule has 0 aliphatic heterocycles. The summed E-state index contributed by atoms with van der Waals surface area (Å²) in [4.78, 5) is 11.3. The van der Waals surface area contributed by atoms with Crippen LogP contribution in [0.1, 0.15) is 25.3 Å². The molecule has 2 aromatic rings. The van der Waals surface area contributed by atoms with Gasteiger partial charge in [-0.2, -0.15) is 10.2 Å². The Morgan fingerprint density at radius 2 is 2.25 bits per heavy atom. The van der Waals surface area contributed by atoms with Crippen LogP contribution in [-0.2, 0) is 0 Å². The van der Waals surface area contributed by atoms with Crippen LogP contribution in [0.5, 0.6) is 11.5 Å². The van der Waals surface area contributed by atoms with Crippen LogP contribution in [0.3, 0.4) is 0 Å². The normalized spacial score (nSPS) is 10.8. The second-order valence-corrected chi connectivity index (χ2v) is 5.29. The third-order valence-electron chi connectivity index (χ3n) is 3.14. The van der Waals surface area contributed by atoms with E-state index >= 15 is 0 Å². The number of methoxy groups -OCH3 is 1. The van der Waals surface area contributed by atoms with E-state index in [4.69, 9.17) is 21.1 Å². The Labute approximate surface area is 144 Å². The molecule has 0 unspecified atom stereocenters. The number of aromatic amines is 1. The minimum atomic E-state index is -0.480. The summed E-state index contributed by atoms with van der Waals surface area (Å²) in [6.07, 6.45) is 5.02. The van der Waals surface area contributed by atoms with Crippen molar-refractivity contribution in [2.75, 3.05) is 19.1 Å². The van der Waals surface area contributed by atoms with Gasteiger partial charge in [-0.1, -0.05) is 24.9 Å². The van der Waals surface area contributed by atoms with Crippen LogP contribution in [-0.4, -0.2) is 30.1 Å². The molecular formula is C16H19ClN4O3. The Morgan fingerprint density at radius 1 is 1.42 bits per heavy atom. The van der Waals surface area contributed by atoms with E-state index < -0.39 is 5.56 Å². The Morgan fingerprint density at radius 3 is 3.00 bits per heavy atom. The molecule has 2 N–H and O–H groups in total. The Kier molecular flexibility index (Phi) is 6.62. The molecule has 0 fully saturated rings. The molecule has 1 aromatic carbocycles. The summed E-state index contributed by atoms with van der Waals surface area (Å²) in [6.45, 7) is 2.76. The number of rotatable bonds is 8. The quantitative estimate of drug-likeness (QED) is 0.434. The van der Waals surface area contributed by atoms with Gasteiger partial charge in [-0.3, -0.25) is 10.2 Å². The average Bonchev–Trinajstić information content (AvgIpc) is 2.59. The molecule has 0 atom stereocenters. The van der Waals surface area contributed by atoms with Crippen molar-refractivity contribution in [1.29, 1.82) is 0 Å². The van der Waals surface area contributed by atoms with Crippen LogP contribution in [0.15, 0.2) is 34.3 Å². The molecule has 0 aliphatic rings. The minimum absolute atomic E-state index is 0.000553. The standard InChI is InChI=1S/C16H19ClN4O3/c1-3-4-7-24-13-6-5-11(8-14(13)23-2)9-18-20-12-10-19-21-16(22)15(12)17/h5-6,8-10H,3-4,7H2,1-2H3,(H2,20,21,22)/b18-9-. The van der Waals surface area contributed by atoms with Gasteiger partial charge in [0.25, 0.3) is 5.56 Å². The fraction of sp³-hybridized carbons (Fsp3) is 0.312. The number of hydrazone groups is 1. The predicted molar refractivity (Wildman–Crippen MR) is 94.5 cm³/mol. The number of nitrogens with zero attached hydrogens (tertiary/aromatic N) is 2. The Hall–Kier alpha value is -2.54. The van der Waals surface area contributed by atoms with Gasteiger partial charge in [-0.25, -0.2) is 5.10 Å². The van der Waals surface area contributed by atoms with Gasteiger partial charge in [0.15, 0.2) is 11.5 Å². The van der Waals surface area contributed by atoms with Gasteiger partial charge < -0.3 is 9.47 Å². The fourth-order valence-corrected chi connectivity index (χ4v) is 1.98.